The number of rotatable bonds is 6. The van der Waals surface area contributed by atoms with Crippen LogP contribution in [0.3, 0.4) is 0 Å². The van der Waals surface area contributed by atoms with Crippen molar-refractivity contribution in [3.63, 3.8) is 0 Å². The Morgan fingerprint density at radius 1 is 1.45 bits per heavy atom. The summed E-state index contributed by atoms with van der Waals surface area (Å²) in [6, 6.07) is 0. The van der Waals surface area contributed by atoms with Crippen molar-refractivity contribution >= 4 is 0 Å². The van der Waals surface area contributed by atoms with Crippen LogP contribution in [-0.4, -0.2) is 38.6 Å². The summed E-state index contributed by atoms with van der Waals surface area (Å²) in [4.78, 5) is 2.19. The van der Waals surface area contributed by atoms with Gasteiger partial charge in [0.1, 0.15) is 0 Å². The highest BCUT2D eigenvalue weighted by Crippen LogP contribution is 1.94. The van der Waals surface area contributed by atoms with E-state index in [1.807, 2.05) is 14.1 Å². The molecular formula is C8H19N3. The van der Waals surface area contributed by atoms with E-state index in [2.05, 4.69) is 29.0 Å². The van der Waals surface area contributed by atoms with Crippen LogP contribution in [0.25, 0.3) is 0 Å². The molecule has 0 bridgehead atoms. The Balaban J connectivity index is 3.65. The van der Waals surface area contributed by atoms with Crippen LogP contribution in [0, 0.1) is 0 Å². The van der Waals surface area contributed by atoms with Gasteiger partial charge in [-0.15, -0.1) is 0 Å². The summed E-state index contributed by atoms with van der Waals surface area (Å²) in [6.45, 7) is 9.01. The van der Waals surface area contributed by atoms with E-state index in [0.717, 1.165) is 25.5 Å². The molecule has 2 N–H and O–H groups in total. The molecule has 0 aliphatic heterocycles. The Kier molecular flexibility index (Phi) is 5.65. The molecule has 0 radical (unpaired) electrons. The van der Waals surface area contributed by atoms with E-state index in [-0.39, 0.29) is 0 Å². The average Bonchev–Trinajstić information content (AvgIpc) is 2.05. The minimum absolute atomic E-state index is 0.989. The molecule has 0 spiro atoms. The van der Waals surface area contributed by atoms with Crippen LogP contribution in [0.15, 0.2) is 12.4 Å². The standard InChI is InChI=1S/C8H19N3/c1-5-11(7-6-9-3)8(2)10-4/h9-10H,2,5-7H2,1,3-4H3. The molecule has 0 heterocycles. The number of nitrogens with zero attached hydrogens (tertiary/aromatic N) is 1. The van der Waals surface area contributed by atoms with Gasteiger partial charge in [-0.05, 0) is 14.0 Å². The van der Waals surface area contributed by atoms with Gasteiger partial charge in [0.25, 0.3) is 0 Å². The van der Waals surface area contributed by atoms with Crippen molar-refractivity contribution in [1.29, 1.82) is 0 Å². The lowest BCUT2D eigenvalue weighted by Gasteiger charge is -2.24. The van der Waals surface area contributed by atoms with Crippen LogP contribution in [0.2, 0.25) is 0 Å². The van der Waals surface area contributed by atoms with Crippen LogP contribution in [0.1, 0.15) is 6.92 Å². The number of hydrogen-bond acceptors (Lipinski definition) is 3. The SMILES string of the molecule is C=C(NC)N(CC)CCNC. The summed E-state index contributed by atoms with van der Waals surface area (Å²) in [5, 5.41) is 6.13. The monoisotopic (exact) mass is 157 g/mol. The highest BCUT2D eigenvalue weighted by molar-refractivity contribution is 4.88. The Bertz CT molecular complexity index is 112. The molecule has 0 aliphatic rings. The van der Waals surface area contributed by atoms with Gasteiger partial charge < -0.3 is 15.5 Å². The van der Waals surface area contributed by atoms with Gasteiger partial charge in [-0.25, -0.2) is 0 Å². The molecule has 0 rings (SSSR count). The van der Waals surface area contributed by atoms with Gasteiger partial charge in [-0.2, -0.15) is 0 Å². The van der Waals surface area contributed by atoms with Crippen LogP contribution in [0.4, 0.5) is 0 Å². The predicted octanol–water partition coefficient (Wildman–Crippen LogP) is 0.218. The normalized spacial score (nSPS) is 9.36. The average molecular weight is 157 g/mol. The Labute approximate surface area is 69.5 Å². The highest BCUT2D eigenvalue weighted by atomic mass is 15.2. The molecule has 0 fully saturated rings. The van der Waals surface area contributed by atoms with Crippen molar-refractivity contribution in [3.05, 3.63) is 12.4 Å². The van der Waals surface area contributed by atoms with Gasteiger partial charge in [-0.3, -0.25) is 0 Å². The van der Waals surface area contributed by atoms with Crippen LogP contribution in [-0.2, 0) is 0 Å². The molecular weight excluding hydrogens is 138 g/mol. The van der Waals surface area contributed by atoms with Crippen LogP contribution < -0.4 is 10.6 Å². The first-order valence-corrected chi connectivity index (χ1v) is 4.02. The molecule has 3 nitrogen and oxygen atoms in total. The Morgan fingerprint density at radius 3 is 2.45 bits per heavy atom. The second kappa shape index (κ2) is 6.04. The largest absolute Gasteiger partial charge is 0.375 e. The fraction of sp³-hybridized carbons (Fsp3) is 0.750. The van der Waals surface area contributed by atoms with Gasteiger partial charge in [0.15, 0.2) is 0 Å². The first-order chi connectivity index (χ1) is 5.26. The summed E-state index contributed by atoms with van der Waals surface area (Å²) in [5.41, 5.74) is 0. The van der Waals surface area contributed by atoms with Crippen molar-refractivity contribution in [2.75, 3.05) is 33.7 Å². The van der Waals surface area contributed by atoms with E-state index >= 15 is 0 Å². The molecule has 0 saturated carbocycles. The van der Waals surface area contributed by atoms with Gasteiger partial charge >= 0.3 is 0 Å². The van der Waals surface area contributed by atoms with Crippen molar-refractivity contribution in [2.24, 2.45) is 0 Å². The summed E-state index contributed by atoms with van der Waals surface area (Å²) in [7, 11) is 3.85. The molecule has 0 unspecified atom stereocenters. The van der Waals surface area contributed by atoms with E-state index in [4.69, 9.17) is 0 Å². The van der Waals surface area contributed by atoms with E-state index in [0.29, 0.717) is 0 Å². The number of nitrogens with one attached hydrogen (secondary N) is 2. The first kappa shape index (κ1) is 10.3. The van der Waals surface area contributed by atoms with Crippen LogP contribution in [0.5, 0.6) is 0 Å². The fourth-order valence-electron chi connectivity index (χ4n) is 0.889. The molecule has 0 atom stereocenters. The predicted molar refractivity (Wildman–Crippen MR) is 49.4 cm³/mol. The van der Waals surface area contributed by atoms with Crippen LogP contribution >= 0.6 is 0 Å². The Morgan fingerprint density at radius 2 is 2.09 bits per heavy atom. The zero-order valence-electron chi connectivity index (χ0n) is 7.78. The third-order valence-electron chi connectivity index (χ3n) is 1.68. The van der Waals surface area contributed by atoms with E-state index < -0.39 is 0 Å². The van der Waals surface area contributed by atoms with Crippen molar-refractivity contribution in [3.8, 4) is 0 Å². The quantitative estimate of drug-likeness (QED) is 0.577. The molecule has 0 amide bonds. The van der Waals surface area contributed by atoms with Gasteiger partial charge in [0, 0.05) is 26.7 Å². The molecule has 66 valence electrons. The summed E-state index contributed by atoms with van der Waals surface area (Å²) >= 11 is 0. The van der Waals surface area contributed by atoms with Crippen molar-refractivity contribution < 1.29 is 0 Å². The molecule has 0 aromatic carbocycles. The number of hydrogen-bond donors (Lipinski definition) is 2. The lowest BCUT2D eigenvalue weighted by molar-refractivity contribution is 0.344. The minimum Gasteiger partial charge on any atom is -0.375 e. The third-order valence-corrected chi connectivity index (χ3v) is 1.68. The smallest absolute Gasteiger partial charge is 0.0936 e. The van der Waals surface area contributed by atoms with Crippen molar-refractivity contribution in [2.45, 2.75) is 6.92 Å². The first-order valence-electron chi connectivity index (χ1n) is 4.02. The van der Waals surface area contributed by atoms with E-state index in [9.17, 15) is 0 Å². The number of likely N-dealkylation sites (N-methyl/N-ethyl adjacent to an activating group) is 2. The maximum Gasteiger partial charge on any atom is 0.0936 e. The molecule has 11 heavy (non-hydrogen) atoms. The summed E-state index contributed by atoms with van der Waals surface area (Å²) in [5.74, 6) is 0.989. The third kappa shape index (κ3) is 3.88. The second-order valence-corrected chi connectivity index (χ2v) is 2.38. The fourth-order valence-corrected chi connectivity index (χ4v) is 0.889. The zero-order valence-corrected chi connectivity index (χ0v) is 7.78. The molecule has 0 aromatic heterocycles. The Hall–Kier alpha value is -0.700. The highest BCUT2D eigenvalue weighted by Gasteiger charge is 2.00. The molecule has 0 aromatic rings. The topological polar surface area (TPSA) is 27.3 Å². The lowest BCUT2D eigenvalue weighted by Crippen LogP contribution is -2.34. The van der Waals surface area contributed by atoms with Crippen molar-refractivity contribution in [1.82, 2.24) is 15.5 Å². The van der Waals surface area contributed by atoms with Gasteiger partial charge in [0.2, 0.25) is 0 Å². The van der Waals surface area contributed by atoms with Gasteiger partial charge in [-0.1, -0.05) is 6.58 Å². The summed E-state index contributed by atoms with van der Waals surface area (Å²) in [6.07, 6.45) is 0. The molecule has 3 heteroatoms. The second-order valence-electron chi connectivity index (χ2n) is 2.38. The molecule has 0 saturated heterocycles. The minimum atomic E-state index is 0.989. The van der Waals surface area contributed by atoms with E-state index in [1.54, 1.807) is 0 Å². The zero-order chi connectivity index (χ0) is 8.69. The van der Waals surface area contributed by atoms with Gasteiger partial charge in [0.05, 0.1) is 5.82 Å². The lowest BCUT2D eigenvalue weighted by atomic mass is 10.5. The summed E-state index contributed by atoms with van der Waals surface area (Å²) < 4.78 is 0. The molecule has 0 aliphatic carbocycles. The maximum atomic E-state index is 3.88. The van der Waals surface area contributed by atoms with E-state index in [1.165, 1.54) is 0 Å². The maximum absolute atomic E-state index is 3.88.